The highest BCUT2D eigenvalue weighted by molar-refractivity contribution is 7.17. The van der Waals surface area contributed by atoms with Crippen LogP contribution < -0.4 is 10.6 Å². The van der Waals surface area contributed by atoms with Crippen LogP contribution in [0.15, 0.2) is 60.7 Å². The monoisotopic (exact) mass is 522 g/mol. The first-order valence-electron chi connectivity index (χ1n) is 10.4. The van der Waals surface area contributed by atoms with Gasteiger partial charge in [-0.05, 0) is 72.5 Å². The molecule has 0 saturated heterocycles. The molecule has 0 radical (unpaired) electrons. The number of aryl methyl sites for hydroxylation is 2. The third kappa shape index (κ3) is 5.29. The number of hydrogen-bond acceptors (Lipinski definition) is 8. The number of benzene rings is 2. The van der Waals surface area contributed by atoms with Crippen LogP contribution >= 0.6 is 22.7 Å². The van der Waals surface area contributed by atoms with Gasteiger partial charge in [0.05, 0.1) is 19.6 Å². The zero-order valence-electron chi connectivity index (χ0n) is 18.9. The minimum atomic E-state index is -0.533. The molecule has 36 heavy (non-hydrogen) atoms. The molecule has 10 nitrogen and oxygen atoms in total. The van der Waals surface area contributed by atoms with E-state index in [1.165, 1.54) is 24.3 Å². The number of anilines is 2. The fraction of sp³-hybridized carbons (Fsp3) is 0.0833. The number of nitrogens with one attached hydrogen (secondary N) is 2. The first kappa shape index (κ1) is 24.7. The summed E-state index contributed by atoms with van der Waals surface area (Å²) in [6, 6.07) is 16.5. The zero-order valence-corrected chi connectivity index (χ0v) is 20.6. The van der Waals surface area contributed by atoms with Gasteiger partial charge in [-0.25, -0.2) is 0 Å². The maximum Gasteiger partial charge on any atom is 0.324 e. The highest BCUT2D eigenvalue weighted by Gasteiger charge is 2.17. The molecule has 0 atom stereocenters. The number of carbonyl (C=O) groups is 2. The highest BCUT2D eigenvalue weighted by Crippen LogP contribution is 2.30. The van der Waals surface area contributed by atoms with Gasteiger partial charge in [0.25, 0.3) is 11.8 Å². The average Bonchev–Trinajstić information content (AvgIpc) is 3.52. The molecule has 0 fully saturated rings. The first-order chi connectivity index (χ1) is 17.1. The van der Waals surface area contributed by atoms with Gasteiger partial charge in [0.1, 0.15) is 0 Å². The molecule has 2 heterocycles. The Labute approximate surface area is 212 Å². The quantitative estimate of drug-likeness (QED) is 0.212. The third-order valence-electron chi connectivity index (χ3n) is 5.27. The van der Waals surface area contributed by atoms with Crippen LogP contribution in [0.2, 0.25) is 0 Å². The summed E-state index contributed by atoms with van der Waals surface area (Å²) in [7, 11) is 0. The Balaban J connectivity index is 1.47. The Morgan fingerprint density at radius 1 is 0.667 bits per heavy atom. The van der Waals surface area contributed by atoms with Gasteiger partial charge in [0.15, 0.2) is 0 Å². The maximum atomic E-state index is 12.5. The largest absolute Gasteiger partial charge is 0.324 e. The SMILES string of the molecule is Cc1cc(-c2ccc(NC(=O)c3ccc([N+](=O)[O-])s3)c(C)c2)ccc1NC(=O)c1ccc([N+](=O)[O-])s1. The molecule has 4 aromatic rings. The van der Waals surface area contributed by atoms with Crippen molar-refractivity contribution in [3.8, 4) is 11.1 Å². The van der Waals surface area contributed by atoms with E-state index in [1.807, 2.05) is 38.1 Å². The van der Waals surface area contributed by atoms with E-state index in [4.69, 9.17) is 0 Å². The summed E-state index contributed by atoms with van der Waals surface area (Å²) in [6.45, 7) is 3.69. The van der Waals surface area contributed by atoms with Crippen LogP contribution in [0.4, 0.5) is 21.4 Å². The predicted molar refractivity (Wildman–Crippen MR) is 139 cm³/mol. The van der Waals surface area contributed by atoms with Gasteiger partial charge in [0, 0.05) is 23.5 Å². The minimum Gasteiger partial charge on any atom is -0.321 e. The van der Waals surface area contributed by atoms with E-state index < -0.39 is 21.7 Å². The van der Waals surface area contributed by atoms with E-state index in [2.05, 4.69) is 10.6 Å². The fourth-order valence-corrected chi connectivity index (χ4v) is 4.86. The molecule has 0 aliphatic heterocycles. The molecular formula is C24H18N4O6S2. The predicted octanol–water partition coefficient (Wildman–Crippen LogP) is 6.41. The summed E-state index contributed by atoms with van der Waals surface area (Å²) >= 11 is 1.62. The maximum absolute atomic E-state index is 12.5. The van der Waals surface area contributed by atoms with E-state index in [0.717, 1.165) is 44.9 Å². The molecule has 0 aliphatic carbocycles. The molecule has 182 valence electrons. The highest BCUT2D eigenvalue weighted by atomic mass is 32.1. The van der Waals surface area contributed by atoms with Gasteiger partial charge in [0.2, 0.25) is 0 Å². The van der Waals surface area contributed by atoms with Gasteiger partial charge in [-0.1, -0.05) is 34.8 Å². The van der Waals surface area contributed by atoms with Gasteiger partial charge in [-0.15, -0.1) is 0 Å². The molecule has 0 saturated carbocycles. The Hall–Kier alpha value is -4.42. The van der Waals surface area contributed by atoms with Gasteiger partial charge in [-0.2, -0.15) is 0 Å². The van der Waals surface area contributed by atoms with Crippen molar-refractivity contribution < 1.29 is 19.4 Å². The lowest BCUT2D eigenvalue weighted by molar-refractivity contribution is -0.380. The second kappa shape index (κ2) is 10.1. The van der Waals surface area contributed by atoms with E-state index >= 15 is 0 Å². The molecule has 2 aromatic carbocycles. The van der Waals surface area contributed by atoms with Crippen molar-refractivity contribution in [2.45, 2.75) is 13.8 Å². The molecule has 2 aromatic heterocycles. The smallest absolute Gasteiger partial charge is 0.321 e. The summed E-state index contributed by atoms with van der Waals surface area (Å²) in [5, 5.41) is 27.1. The van der Waals surface area contributed by atoms with Crippen molar-refractivity contribution in [3.63, 3.8) is 0 Å². The van der Waals surface area contributed by atoms with Crippen LogP contribution in [-0.4, -0.2) is 21.7 Å². The van der Waals surface area contributed by atoms with Gasteiger partial charge in [-0.3, -0.25) is 29.8 Å². The fourth-order valence-electron chi connectivity index (χ4n) is 3.43. The van der Waals surface area contributed by atoms with E-state index in [-0.39, 0.29) is 19.8 Å². The number of nitro groups is 2. The number of thiophene rings is 2. The van der Waals surface area contributed by atoms with Crippen LogP contribution in [0.25, 0.3) is 11.1 Å². The Kier molecular flexibility index (Phi) is 6.90. The van der Waals surface area contributed by atoms with Crippen molar-refractivity contribution in [1.82, 2.24) is 0 Å². The number of amides is 2. The number of carbonyl (C=O) groups excluding carboxylic acids is 2. The van der Waals surface area contributed by atoms with Crippen LogP contribution in [0, 0.1) is 34.1 Å². The van der Waals surface area contributed by atoms with Gasteiger partial charge >= 0.3 is 10.0 Å². The molecule has 0 unspecified atom stereocenters. The van der Waals surface area contributed by atoms with Crippen LogP contribution in [-0.2, 0) is 0 Å². The van der Waals surface area contributed by atoms with E-state index in [1.54, 1.807) is 12.1 Å². The Morgan fingerprint density at radius 3 is 1.36 bits per heavy atom. The van der Waals surface area contributed by atoms with Crippen molar-refractivity contribution >= 4 is 55.9 Å². The van der Waals surface area contributed by atoms with Crippen molar-refractivity contribution in [1.29, 1.82) is 0 Å². The number of hydrogen-bond donors (Lipinski definition) is 2. The molecule has 0 spiro atoms. The standard InChI is InChI=1S/C24H18N4O6S2/c1-13-11-15(3-5-17(13)25-23(29)19-7-9-21(35-19)27(31)32)16-4-6-18(14(2)12-16)26-24(30)20-8-10-22(36-20)28(33)34/h3-12H,1-2H3,(H,25,29)(H,26,30). The van der Waals surface area contributed by atoms with E-state index in [9.17, 15) is 29.8 Å². The number of rotatable bonds is 7. The lowest BCUT2D eigenvalue weighted by Gasteiger charge is -2.12. The summed E-state index contributed by atoms with van der Waals surface area (Å²) in [6.07, 6.45) is 0. The van der Waals surface area contributed by atoms with Crippen molar-refractivity contribution in [2.24, 2.45) is 0 Å². The molecule has 4 rings (SSSR count). The summed E-state index contributed by atoms with van der Waals surface area (Å²) in [5.41, 5.74) is 4.58. The summed E-state index contributed by atoms with van der Waals surface area (Å²) < 4.78 is 0. The van der Waals surface area contributed by atoms with Crippen molar-refractivity contribution in [3.05, 3.63) is 102 Å². The minimum absolute atomic E-state index is 0.0982. The van der Waals surface area contributed by atoms with Crippen molar-refractivity contribution in [2.75, 3.05) is 10.6 Å². The second-order valence-corrected chi connectivity index (χ2v) is 9.88. The molecule has 2 N–H and O–H groups in total. The molecule has 0 aliphatic rings. The summed E-state index contributed by atoms with van der Waals surface area (Å²) in [4.78, 5) is 46.1. The lowest BCUT2D eigenvalue weighted by Crippen LogP contribution is -2.11. The van der Waals surface area contributed by atoms with Crippen LogP contribution in [0.5, 0.6) is 0 Å². The third-order valence-corrected chi connectivity index (χ3v) is 7.35. The zero-order chi connectivity index (χ0) is 26.0. The Morgan fingerprint density at radius 2 is 1.06 bits per heavy atom. The molecule has 2 amide bonds. The number of nitrogens with zero attached hydrogens (tertiary/aromatic N) is 2. The molecule has 12 heteroatoms. The molecule has 0 bridgehead atoms. The van der Waals surface area contributed by atoms with E-state index in [0.29, 0.717) is 11.4 Å². The average molecular weight is 523 g/mol. The molecular weight excluding hydrogens is 504 g/mol. The summed E-state index contributed by atoms with van der Waals surface area (Å²) in [5.74, 6) is -0.841. The normalized spacial score (nSPS) is 10.6. The van der Waals surface area contributed by atoms with Crippen LogP contribution in [0.3, 0.4) is 0 Å². The Bertz CT molecular complexity index is 1410. The first-order valence-corrected chi connectivity index (χ1v) is 12.1. The topological polar surface area (TPSA) is 144 Å². The second-order valence-electron chi connectivity index (χ2n) is 7.76. The van der Waals surface area contributed by atoms with Gasteiger partial charge < -0.3 is 10.6 Å². The lowest BCUT2D eigenvalue weighted by atomic mass is 10.00. The van der Waals surface area contributed by atoms with Crippen LogP contribution in [0.1, 0.15) is 30.5 Å².